The molecule has 1 aromatic rings. The summed E-state index contributed by atoms with van der Waals surface area (Å²) in [6.07, 6.45) is 1.74. The molecule has 152 valence electrons. The molecule has 0 saturated heterocycles. The molecule has 0 aromatic heterocycles. The molecule has 0 heterocycles. The van der Waals surface area contributed by atoms with Gasteiger partial charge >= 0.3 is 12.1 Å². The topological polar surface area (TPSA) is 140 Å². The minimum Gasteiger partial charge on any atom is -0.496 e. The van der Waals surface area contributed by atoms with E-state index in [-0.39, 0.29) is 12.1 Å². The number of carboxylic acids is 1. The number of carboxylic acid groups (broad SMARTS) is 1. The first-order valence-electron chi connectivity index (χ1n) is 8.44. The number of ether oxygens (including phenoxy) is 2. The molecule has 0 bridgehead atoms. The van der Waals surface area contributed by atoms with Crippen LogP contribution in [0.25, 0.3) is 11.8 Å². The average Bonchev–Trinajstić information content (AvgIpc) is 2.69. The Morgan fingerprint density at radius 1 is 1.29 bits per heavy atom. The van der Waals surface area contributed by atoms with E-state index in [0.717, 1.165) is 0 Å². The first-order chi connectivity index (χ1) is 13.3. The van der Waals surface area contributed by atoms with E-state index < -0.39 is 12.1 Å². The molecule has 0 aliphatic rings. The van der Waals surface area contributed by atoms with Crippen molar-refractivity contribution in [1.29, 1.82) is 0 Å². The molecule has 5 N–H and O–H groups in total. The van der Waals surface area contributed by atoms with E-state index in [2.05, 4.69) is 15.4 Å². The van der Waals surface area contributed by atoms with E-state index in [1.54, 1.807) is 25.1 Å². The van der Waals surface area contributed by atoms with Crippen molar-refractivity contribution in [2.75, 3.05) is 20.8 Å². The van der Waals surface area contributed by atoms with Crippen LogP contribution in [0.5, 0.6) is 5.75 Å². The van der Waals surface area contributed by atoms with Gasteiger partial charge in [0.25, 0.3) is 0 Å². The lowest BCUT2D eigenvalue weighted by atomic mass is 10.1. The number of nitrogens with one attached hydrogen (secondary N) is 2. The number of carbonyl (C=O) groups excluding carboxylic acids is 2. The zero-order chi connectivity index (χ0) is 21.1. The number of hydrogen-bond donors (Lipinski definition) is 4. The van der Waals surface area contributed by atoms with Gasteiger partial charge in [-0.1, -0.05) is 12.1 Å². The van der Waals surface area contributed by atoms with Gasteiger partial charge in [-0.15, -0.1) is 0 Å². The van der Waals surface area contributed by atoms with E-state index in [9.17, 15) is 14.4 Å². The largest absolute Gasteiger partial charge is 0.496 e. The number of alkyl carbamates (subject to hydrolysis) is 1. The molecule has 0 spiro atoms. The lowest BCUT2D eigenvalue weighted by Gasteiger charge is -2.13. The van der Waals surface area contributed by atoms with E-state index in [4.69, 9.17) is 15.6 Å². The molecule has 0 aliphatic heterocycles. The van der Waals surface area contributed by atoms with Gasteiger partial charge in [-0.25, -0.2) is 4.79 Å². The molecule has 0 aliphatic carbocycles. The summed E-state index contributed by atoms with van der Waals surface area (Å²) in [5.41, 5.74) is 8.61. The summed E-state index contributed by atoms with van der Waals surface area (Å²) in [4.78, 5) is 32.9. The molecular formula is C19H25N3O6. The van der Waals surface area contributed by atoms with Gasteiger partial charge in [0, 0.05) is 29.8 Å². The molecule has 0 unspecified atom stereocenters. The lowest BCUT2D eigenvalue weighted by Crippen LogP contribution is -2.22. The Morgan fingerprint density at radius 3 is 2.57 bits per heavy atom. The molecule has 1 aromatic carbocycles. The average molecular weight is 391 g/mol. The Bertz CT molecular complexity index is 786. The van der Waals surface area contributed by atoms with E-state index >= 15 is 0 Å². The van der Waals surface area contributed by atoms with Crippen molar-refractivity contribution in [3.8, 4) is 5.75 Å². The normalized spacial score (nSPS) is 11.9. The molecule has 0 atom stereocenters. The minimum absolute atomic E-state index is 0.0118. The van der Waals surface area contributed by atoms with Gasteiger partial charge < -0.3 is 25.6 Å². The van der Waals surface area contributed by atoms with Crippen molar-refractivity contribution >= 4 is 30.1 Å². The number of rotatable bonds is 10. The Balaban J connectivity index is 3.02. The number of hydrogen-bond acceptors (Lipinski definition) is 7. The van der Waals surface area contributed by atoms with Crippen LogP contribution in [0.15, 0.2) is 29.6 Å². The van der Waals surface area contributed by atoms with E-state index in [0.29, 0.717) is 47.5 Å². The maximum absolute atomic E-state index is 11.3. The second kappa shape index (κ2) is 11.3. The minimum atomic E-state index is -0.846. The van der Waals surface area contributed by atoms with Crippen LogP contribution in [0.3, 0.4) is 0 Å². The Labute approximate surface area is 163 Å². The van der Waals surface area contributed by atoms with Crippen LogP contribution in [0.1, 0.15) is 30.9 Å². The Morgan fingerprint density at radius 2 is 2.00 bits per heavy atom. The molecule has 0 saturated carbocycles. The van der Waals surface area contributed by atoms with Crippen LogP contribution in [0, 0.1) is 0 Å². The maximum atomic E-state index is 11.3. The summed E-state index contributed by atoms with van der Waals surface area (Å²) < 4.78 is 9.81. The third-order valence-electron chi connectivity index (χ3n) is 3.78. The summed E-state index contributed by atoms with van der Waals surface area (Å²) in [7, 11) is 2.67. The number of aldehydes is 1. The fourth-order valence-corrected chi connectivity index (χ4v) is 2.26. The lowest BCUT2D eigenvalue weighted by molar-refractivity contribution is -0.137. The fraction of sp³-hybridized carbons (Fsp3) is 0.316. The Hall–Kier alpha value is -3.49. The van der Waals surface area contributed by atoms with Gasteiger partial charge in [0.05, 0.1) is 25.6 Å². The summed E-state index contributed by atoms with van der Waals surface area (Å²) in [6, 6.07) is 5.14. The summed E-state index contributed by atoms with van der Waals surface area (Å²) in [5, 5.41) is 14.0. The number of allylic oxidation sites excluding steroid dienone is 2. The molecule has 0 radical (unpaired) electrons. The second-order valence-electron chi connectivity index (χ2n) is 5.75. The van der Waals surface area contributed by atoms with Crippen molar-refractivity contribution < 1.29 is 29.0 Å². The third kappa shape index (κ3) is 7.02. The fourth-order valence-electron chi connectivity index (χ4n) is 2.26. The standard InChI is InChI=1S/C19H25N3O6/c1-12(21-8-4-5-17(24)25)18(20)14-7-6-13(16(10-14)27-2)9-15(11-23)22-19(26)28-3/h6-7,9-11,21H,4-5,8,20H2,1-3H3,(H,22,26)(H,24,25)/b15-9+,18-12-. The van der Waals surface area contributed by atoms with Crippen LogP contribution < -0.4 is 21.1 Å². The predicted octanol–water partition coefficient (Wildman–Crippen LogP) is 1.69. The van der Waals surface area contributed by atoms with Gasteiger partial charge in [0.15, 0.2) is 6.29 Å². The highest BCUT2D eigenvalue weighted by molar-refractivity contribution is 5.88. The van der Waals surface area contributed by atoms with E-state index in [1.165, 1.54) is 20.3 Å². The first kappa shape index (κ1) is 22.6. The van der Waals surface area contributed by atoms with Gasteiger partial charge in [-0.2, -0.15) is 0 Å². The number of amides is 1. The van der Waals surface area contributed by atoms with Crippen LogP contribution in [-0.4, -0.2) is 44.2 Å². The Kier molecular flexibility index (Phi) is 9.08. The van der Waals surface area contributed by atoms with Gasteiger partial charge in [0.2, 0.25) is 0 Å². The van der Waals surface area contributed by atoms with Crippen LogP contribution in [0.4, 0.5) is 4.79 Å². The highest BCUT2D eigenvalue weighted by atomic mass is 16.5. The molecule has 1 amide bonds. The van der Waals surface area contributed by atoms with Crippen LogP contribution in [0.2, 0.25) is 0 Å². The van der Waals surface area contributed by atoms with Gasteiger partial charge in [-0.3, -0.25) is 14.9 Å². The summed E-state index contributed by atoms with van der Waals surface area (Å²) in [6.45, 7) is 2.28. The second-order valence-corrected chi connectivity index (χ2v) is 5.75. The highest BCUT2D eigenvalue weighted by Crippen LogP contribution is 2.25. The van der Waals surface area contributed by atoms with Crippen molar-refractivity contribution in [3.63, 3.8) is 0 Å². The molecule has 1 rings (SSSR count). The maximum Gasteiger partial charge on any atom is 0.411 e. The molecule has 9 heteroatoms. The smallest absolute Gasteiger partial charge is 0.411 e. The number of methoxy groups -OCH3 is 2. The van der Waals surface area contributed by atoms with Crippen molar-refractivity contribution in [2.24, 2.45) is 5.73 Å². The van der Waals surface area contributed by atoms with E-state index in [1.807, 2.05) is 0 Å². The van der Waals surface area contributed by atoms with Crippen molar-refractivity contribution in [2.45, 2.75) is 19.8 Å². The van der Waals surface area contributed by atoms with Gasteiger partial charge in [0.1, 0.15) is 5.75 Å². The van der Waals surface area contributed by atoms with Gasteiger partial charge in [-0.05, 0) is 25.5 Å². The summed E-state index contributed by atoms with van der Waals surface area (Å²) >= 11 is 0. The summed E-state index contributed by atoms with van der Waals surface area (Å²) in [5.74, 6) is -0.397. The number of benzene rings is 1. The van der Waals surface area contributed by atoms with Crippen LogP contribution >= 0.6 is 0 Å². The molecule has 0 fully saturated rings. The predicted molar refractivity (Wildman–Crippen MR) is 104 cm³/mol. The zero-order valence-corrected chi connectivity index (χ0v) is 16.1. The molecule has 9 nitrogen and oxygen atoms in total. The highest BCUT2D eigenvalue weighted by Gasteiger charge is 2.09. The van der Waals surface area contributed by atoms with Crippen molar-refractivity contribution in [3.05, 3.63) is 40.7 Å². The molecule has 28 heavy (non-hydrogen) atoms. The van der Waals surface area contributed by atoms with Crippen LogP contribution in [-0.2, 0) is 14.3 Å². The number of nitrogens with two attached hydrogens (primary N) is 1. The third-order valence-corrected chi connectivity index (χ3v) is 3.78. The number of aliphatic carboxylic acids is 1. The monoisotopic (exact) mass is 391 g/mol. The molecular weight excluding hydrogens is 366 g/mol. The first-order valence-corrected chi connectivity index (χ1v) is 8.44. The number of carbonyl (C=O) groups is 3. The zero-order valence-electron chi connectivity index (χ0n) is 16.1. The SMILES string of the molecule is COC(=O)N/C(C=O)=C/c1ccc(/C(N)=C(\C)NCCCC(=O)O)cc1OC. The van der Waals surface area contributed by atoms with Crippen molar-refractivity contribution in [1.82, 2.24) is 10.6 Å². The quantitative estimate of drug-likeness (QED) is 0.268.